The van der Waals surface area contributed by atoms with Crippen LogP contribution in [0.1, 0.15) is 42.7 Å². The number of rotatable bonds is 7. The number of hydrogen-bond acceptors (Lipinski definition) is 1. The minimum absolute atomic E-state index is 0.0720. The summed E-state index contributed by atoms with van der Waals surface area (Å²) in [5, 5.41) is 3.88. The monoisotopic (exact) mass is 423 g/mol. The number of anilines is 1. The zero-order valence-corrected chi connectivity index (χ0v) is 18.9. The number of amides is 2. The van der Waals surface area contributed by atoms with Gasteiger partial charge in [0, 0.05) is 35.2 Å². The van der Waals surface area contributed by atoms with Gasteiger partial charge in [-0.2, -0.15) is 0 Å². The van der Waals surface area contributed by atoms with Gasteiger partial charge in [-0.05, 0) is 68.1 Å². The van der Waals surface area contributed by atoms with Crippen LogP contribution in [-0.4, -0.2) is 21.5 Å². The second-order valence-corrected chi connectivity index (χ2v) is 8.28. The zero-order chi connectivity index (χ0) is 21.7. The van der Waals surface area contributed by atoms with Gasteiger partial charge in [-0.3, -0.25) is 0 Å². The largest absolute Gasteiger partial charge is 0.345 e. The highest BCUT2D eigenvalue weighted by Gasteiger charge is 2.21. The molecule has 0 aliphatic heterocycles. The van der Waals surface area contributed by atoms with E-state index in [-0.39, 0.29) is 12.1 Å². The fourth-order valence-corrected chi connectivity index (χ4v) is 3.81. The van der Waals surface area contributed by atoms with Crippen molar-refractivity contribution in [3.05, 3.63) is 88.2 Å². The van der Waals surface area contributed by atoms with Crippen LogP contribution in [0, 0.1) is 13.8 Å². The van der Waals surface area contributed by atoms with E-state index in [9.17, 15) is 4.79 Å². The number of para-hydroxylation sites is 1. The lowest BCUT2D eigenvalue weighted by Gasteiger charge is -2.30. The average molecular weight is 424 g/mol. The summed E-state index contributed by atoms with van der Waals surface area (Å²) in [7, 11) is 0. The number of nitrogens with zero attached hydrogens (tertiary/aromatic N) is 2. The molecule has 158 valence electrons. The Morgan fingerprint density at radius 1 is 1.10 bits per heavy atom. The SMILES string of the molecule is CC[C@@H](C)N(Cc1cccn1Cc1cccc(Cl)c1)C(=O)Nc1c(C)cccc1C. The number of halogens is 1. The van der Waals surface area contributed by atoms with E-state index in [0.29, 0.717) is 6.54 Å². The molecule has 0 fully saturated rings. The molecule has 0 aliphatic rings. The minimum atomic E-state index is -0.0720. The van der Waals surface area contributed by atoms with Crippen LogP contribution >= 0.6 is 11.6 Å². The highest BCUT2D eigenvalue weighted by molar-refractivity contribution is 6.30. The smallest absolute Gasteiger partial charge is 0.322 e. The van der Waals surface area contributed by atoms with Gasteiger partial charge in [0.15, 0.2) is 0 Å². The average Bonchev–Trinajstić information content (AvgIpc) is 3.15. The summed E-state index contributed by atoms with van der Waals surface area (Å²) in [6.45, 7) is 9.50. The van der Waals surface area contributed by atoms with Gasteiger partial charge < -0.3 is 14.8 Å². The maximum atomic E-state index is 13.2. The highest BCUT2D eigenvalue weighted by atomic mass is 35.5. The molecule has 4 nitrogen and oxygen atoms in total. The predicted molar refractivity (Wildman–Crippen MR) is 125 cm³/mol. The number of nitrogens with one attached hydrogen (secondary N) is 1. The zero-order valence-electron chi connectivity index (χ0n) is 18.2. The Labute approximate surface area is 184 Å². The van der Waals surface area contributed by atoms with E-state index in [4.69, 9.17) is 11.6 Å². The lowest BCUT2D eigenvalue weighted by atomic mass is 10.1. The summed E-state index contributed by atoms with van der Waals surface area (Å²) in [5.74, 6) is 0. The van der Waals surface area contributed by atoms with Crippen LogP contribution in [0.3, 0.4) is 0 Å². The first-order valence-electron chi connectivity index (χ1n) is 10.4. The first kappa shape index (κ1) is 22.0. The van der Waals surface area contributed by atoms with Crippen molar-refractivity contribution in [3.63, 3.8) is 0 Å². The fourth-order valence-electron chi connectivity index (χ4n) is 3.59. The molecule has 3 rings (SSSR count). The van der Waals surface area contributed by atoms with Crippen molar-refractivity contribution >= 4 is 23.3 Å². The minimum Gasteiger partial charge on any atom is -0.345 e. The van der Waals surface area contributed by atoms with Crippen molar-refractivity contribution in [2.75, 3.05) is 5.32 Å². The van der Waals surface area contributed by atoms with Gasteiger partial charge in [0.2, 0.25) is 0 Å². The van der Waals surface area contributed by atoms with E-state index in [1.165, 1.54) is 0 Å². The summed E-state index contributed by atoms with van der Waals surface area (Å²) in [4.78, 5) is 15.2. The van der Waals surface area contributed by atoms with Gasteiger partial charge in [0.05, 0.1) is 6.54 Å². The van der Waals surface area contributed by atoms with Crippen molar-refractivity contribution in [2.45, 2.75) is 53.2 Å². The molecule has 2 amide bonds. The lowest BCUT2D eigenvalue weighted by Crippen LogP contribution is -2.41. The Kier molecular flexibility index (Phi) is 7.22. The topological polar surface area (TPSA) is 37.3 Å². The van der Waals surface area contributed by atoms with Crippen LogP contribution in [0.25, 0.3) is 0 Å². The van der Waals surface area contributed by atoms with Gasteiger partial charge in [-0.1, -0.05) is 48.9 Å². The van der Waals surface area contributed by atoms with Crippen LogP contribution in [0.4, 0.5) is 10.5 Å². The van der Waals surface area contributed by atoms with Gasteiger partial charge in [0.1, 0.15) is 0 Å². The molecule has 0 unspecified atom stereocenters. The molecular weight excluding hydrogens is 394 g/mol. The third-order valence-corrected chi connectivity index (χ3v) is 5.83. The molecule has 1 atom stereocenters. The number of carbonyl (C=O) groups is 1. The Bertz CT molecular complexity index is 991. The Morgan fingerprint density at radius 2 is 1.80 bits per heavy atom. The van der Waals surface area contributed by atoms with Crippen LogP contribution in [0.5, 0.6) is 0 Å². The quantitative estimate of drug-likeness (QED) is 0.454. The van der Waals surface area contributed by atoms with Crippen LogP contribution in [-0.2, 0) is 13.1 Å². The summed E-state index contributed by atoms with van der Waals surface area (Å²) < 4.78 is 2.17. The molecule has 30 heavy (non-hydrogen) atoms. The maximum Gasteiger partial charge on any atom is 0.322 e. The summed E-state index contributed by atoms with van der Waals surface area (Å²) in [6, 6.07) is 18.1. The third-order valence-electron chi connectivity index (χ3n) is 5.59. The maximum absolute atomic E-state index is 13.2. The van der Waals surface area contributed by atoms with Crippen molar-refractivity contribution in [2.24, 2.45) is 0 Å². The molecule has 0 radical (unpaired) electrons. The number of hydrogen-bond donors (Lipinski definition) is 1. The molecule has 0 saturated heterocycles. The number of aryl methyl sites for hydroxylation is 2. The first-order chi connectivity index (χ1) is 14.4. The molecule has 2 aromatic carbocycles. The molecule has 1 N–H and O–H groups in total. The highest BCUT2D eigenvalue weighted by Crippen LogP contribution is 2.22. The predicted octanol–water partition coefficient (Wildman–Crippen LogP) is 6.64. The van der Waals surface area contributed by atoms with Gasteiger partial charge in [-0.25, -0.2) is 4.79 Å². The van der Waals surface area contributed by atoms with E-state index < -0.39 is 0 Å². The molecule has 0 spiro atoms. The van der Waals surface area contributed by atoms with E-state index in [0.717, 1.165) is 46.1 Å². The molecule has 0 saturated carbocycles. The summed E-state index contributed by atoms with van der Waals surface area (Å²) in [5.41, 5.74) is 5.25. The van der Waals surface area contributed by atoms with E-state index in [1.807, 2.05) is 61.2 Å². The van der Waals surface area contributed by atoms with Crippen molar-refractivity contribution < 1.29 is 4.79 Å². The van der Waals surface area contributed by atoms with Crippen LogP contribution in [0.15, 0.2) is 60.8 Å². The van der Waals surface area contributed by atoms with Crippen LogP contribution < -0.4 is 5.32 Å². The second-order valence-electron chi connectivity index (χ2n) is 7.84. The first-order valence-corrected chi connectivity index (χ1v) is 10.8. The summed E-state index contributed by atoms with van der Waals surface area (Å²) in [6.07, 6.45) is 2.93. The fraction of sp³-hybridized carbons (Fsp3) is 0.320. The van der Waals surface area contributed by atoms with Gasteiger partial charge in [0.25, 0.3) is 0 Å². The lowest BCUT2D eigenvalue weighted by molar-refractivity contribution is 0.185. The van der Waals surface area contributed by atoms with Gasteiger partial charge in [-0.15, -0.1) is 0 Å². The number of urea groups is 1. The van der Waals surface area contributed by atoms with Crippen molar-refractivity contribution in [1.82, 2.24) is 9.47 Å². The molecule has 3 aromatic rings. The summed E-state index contributed by atoms with van der Waals surface area (Å²) >= 11 is 6.14. The molecule has 0 bridgehead atoms. The molecule has 5 heteroatoms. The molecular formula is C25H30ClN3O. The van der Waals surface area contributed by atoms with Crippen molar-refractivity contribution in [3.8, 4) is 0 Å². The molecule has 0 aliphatic carbocycles. The van der Waals surface area contributed by atoms with Crippen molar-refractivity contribution in [1.29, 1.82) is 0 Å². The van der Waals surface area contributed by atoms with E-state index in [2.05, 4.69) is 42.1 Å². The normalized spacial score (nSPS) is 11.9. The van der Waals surface area contributed by atoms with Gasteiger partial charge >= 0.3 is 6.03 Å². The van der Waals surface area contributed by atoms with E-state index >= 15 is 0 Å². The Balaban J connectivity index is 1.81. The number of carbonyl (C=O) groups excluding carboxylic acids is 1. The third kappa shape index (κ3) is 5.25. The van der Waals surface area contributed by atoms with E-state index in [1.54, 1.807) is 0 Å². The molecule has 1 aromatic heterocycles. The number of aromatic nitrogens is 1. The Morgan fingerprint density at radius 3 is 2.47 bits per heavy atom. The van der Waals surface area contributed by atoms with Crippen LogP contribution in [0.2, 0.25) is 5.02 Å². The Hall–Kier alpha value is -2.72. The molecule has 1 heterocycles. The standard InChI is InChI=1S/C25H30ClN3O/c1-5-20(4)29(25(30)27-24-18(2)9-6-10-19(24)3)17-23-13-8-14-28(23)16-21-11-7-12-22(26)15-21/h6-15,20H,5,16-17H2,1-4H3,(H,27,30)/t20-/m1/s1. The second kappa shape index (κ2) is 9.86. The number of benzene rings is 2.